The van der Waals surface area contributed by atoms with Crippen LogP contribution in [0.1, 0.15) is 5.56 Å². The van der Waals surface area contributed by atoms with Crippen LogP contribution in [-0.2, 0) is 6.61 Å². The van der Waals surface area contributed by atoms with Gasteiger partial charge in [-0.05, 0) is 41.5 Å². The summed E-state index contributed by atoms with van der Waals surface area (Å²) in [4.78, 5) is 0. The highest BCUT2D eigenvalue weighted by Crippen LogP contribution is 2.34. The van der Waals surface area contributed by atoms with Crippen LogP contribution in [0.3, 0.4) is 0 Å². The second-order valence-electron chi connectivity index (χ2n) is 4.51. The molecule has 0 saturated heterocycles. The van der Waals surface area contributed by atoms with Crippen molar-refractivity contribution in [3.8, 4) is 16.9 Å². The van der Waals surface area contributed by atoms with E-state index in [0.717, 1.165) is 12.1 Å². The zero-order chi connectivity index (χ0) is 16.3. The fraction of sp³-hybridized carbons (Fsp3) is 0.200. The van der Waals surface area contributed by atoms with E-state index in [1.165, 1.54) is 24.3 Å². The summed E-state index contributed by atoms with van der Waals surface area (Å²) in [6.07, 6.45) is -4.47. The summed E-state index contributed by atoms with van der Waals surface area (Å²) in [6, 6.07) is 7.63. The van der Waals surface area contributed by atoms with Crippen molar-refractivity contribution in [1.82, 2.24) is 0 Å². The van der Waals surface area contributed by atoms with Crippen LogP contribution in [0.5, 0.6) is 5.75 Å². The largest absolute Gasteiger partial charge is 0.484 e. The van der Waals surface area contributed by atoms with E-state index in [1.807, 2.05) is 0 Å². The van der Waals surface area contributed by atoms with Gasteiger partial charge in [-0.2, -0.15) is 13.2 Å². The van der Waals surface area contributed by atoms with Crippen molar-refractivity contribution in [2.45, 2.75) is 12.8 Å². The van der Waals surface area contributed by atoms with Gasteiger partial charge in [-0.25, -0.2) is 4.39 Å². The third-order valence-corrected chi connectivity index (χ3v) is 3.20. The monoisotopic (exact) mass is 334 g/mol. The van der Waals surface area contributed by atoms with E-state index in [9.17, 15) is 22.7 Å². The molecule has 2 aromatic rings. The van der Waals surface area contributed by atoms with Gasteiger partial charge in [0.2, 0.25) is 0 Å². The van der Waals surface area contributed by atoms with Gasteiger partial charge in [-0.3, -0.25) is 0 Å². The topological polar surface area (TPSA) is 29.5 Å². The Morgan fingerprint density at radius 1 is 1.05 bits per heavy atom. The average molecular weight is 335 g/mol. The van der Waals surface area contributed by atoms with Gasteiger partial charge >= 0.3 is 6.18 Å². The molecule has 0 atom stereocenters. The van der Waals surface area contributed by atoms with Crippen LogP contribution in [0, 0.1) is 5.82 Å². The zero-order valence-electron chi connectivity index (χ0n) is 11.1. The van der Waals surface area contributed by atoms with E-state index < -0.39 is 18.6 Å². The number of halogens is 5. The van der Waals surface area contributed by atoms with Crippen LogP contribution >= 0.6 is 11.6 Å². The van der Waals surface area contributed by atoms with Crippen molar-refractivity contribution in [3.05, 3.63) is 52.8 Å². The van der Waals surface area contributed by atoms with E-state index in [-0.39, 0.29) is 22.9 Å². The number of alkyl halides is 3. The third kappa shape index (κ3) is 4.11. The number of hydrogen-bond acceptors (Lipinski definition) is 2. The minimum atomic E-state index is -4.47. The Morgan fingerprint density at radius 2 is 1.77 bits per heavy atom. The summed E-state index contributed by atoms with van der Waals surface area (Å²) >= 11 is 5.99. The van der Waals surface area contributed by atoms with Gasteiger partial charge in [0, 0.05) is 10.6 Å². The molecule has 2 nitrogen and oxygen atoms in total. The van der Waals surface area contributed by atoms with Crippen LogP contribution in [0.25, 0.3) is 11.1 Å². The molecule has 0 aliphatic rings. The fourth-order valence-electron chi connectivity index (χ4n) is 1.90. The third-order valence-electron chi connectivity index (χ3n) is 2.87. The molecule has 22 heavy (non-hydrogen) atoms. The van der Waals surface area contributed by atoms with Crippen LogP contribution in [0.15, 0.2) is 36.4 Å². The van der Waals surface area contributed by atoms with Crippen LogP contribution in [0.4, 0.5) is 17.6 Å². The second kappa shape index (κ2) is 6.54. The maximum Gasteiger partial charge on any atom is 0.422 e. The van der Waals surface area contributed by atoms with Gasteiger partial charge in [0.1, 0.15) is 11.6 Å². The Labute approximate surface area is 128 Å². The Balaban J connectivity index is 2.42. The highest BCUT2D eigenvalue weighted by Gasteiger charge is 2.28. The molecule has 2 rings (SSSR count). The molecule has 0 unspecified atom stereocenters. The van der Waals surface area contributed by atoms with Gasteiger partial charge in [-0.15, -0.1) is 0 Å². The molecule has 0 aliphatic carbocycles. The Hall–Kier alpha value is -1.79. The predicted molar refractivity (Wildman–Crippen MR) is 74.3 cm³/mol. The first-order valence-electron chi connectivity index (χ1n) is 6.19. The fourth-order valence-corrected chi connectivity index (χ4v) is 2.12. The molecule has 0 aromatic heterocycles. The summed E-state index contributed by atoms with van der Waals surface area (Å²) in [5.41, 5.74) is 0.974. The van der Waals surface area contributed by atoms with E-state index in [4.69, 9.17) is 11.6 Å². The molecule has 0 aliphatic heterocycles. The predicted octanol–water partition coefficient (Wildman–Crippen LogP) is 4.58. The normalized spacial score (nSPS) is 11.5. The average Bonchev–Trinajstić information content (AvgIpc) is 2.46. The summed E-state index contributed by atoms with van der Waals surface area (Å²) in [5.74, 6) is -0.602. The van der Waals surface area contributed by atoms with Crippen LogP contribution in [0.2, 0.25) is 5.02 Å². The second-order valence-corrected chi connectivity index (χ2v) is 4.91. The molecule has 0 radical (unpaired) electrons. The first-order valence-corrected chi connectivity index (χ1v) is 6.57. The van der Waals surface area contributed by atoms with Crippen molar-refractivity contribution in [3.63, 3.8) is 0 Å². The zero-order valence-corrected chi connectivity index (χ0v) is 11.9. The molecule has 0 fully saturated rings. The lowest BCUT2D eigenvalue weighted by Gasteiger charge is -2.14. The molecule has 7 heteroatoms. The molecule has 0 heterocycles. The quantitative estimate of drug-likeness (QED) is 0.829. The highest BCUT2D eigenvalue weighted by molar-refractivity contribution is 6.33. The van der Waals surface area contributed by atoms with Crippen LogP contribution < -0.4 is 4.74 Å². The molecule has 0 spiro atoms. The lowest BCUT2D eigenvalue weighted by molar-refractivity contribution is -0.153. The van der Waals surface area contributed by atoms with E-state index in [0.29, 0.717) is 11.1 Å². The van der Waals surface area contributed by atoms with E-state index in [2.05, 4.69) is 4.74 Å². The first kappa shape index (κ1) is 16.6. The SMILES string of the molecule is OCc1ccc(OCC(F)(F)F)cc1-c1cc(F)ccc1Cl. The van der Waals surface area contributed by atoms with Gasteiger partial charge < -0.3 is 9.84 Å². The summed E-state index contributed by atoms with van der Waals surface area (Å²) in [6.45, 7) is -1.82. The maximum atomic E-state index is 13.4. The molecular formula is C15H11ClF4O2. The molecule has 2 aromatic carbocycles. The molecule has 118 valence electrons. The molecular weight excluding hydrogens is 324 g/mol. The van der Waals surface area contributed by atoms with E-state index in [1.54, 1.807) is 0 Å². The molecule has 0 amide bonds. The van der Waals surface area contributed by atoms with Gasteiger partial charge in [0.15, 0.2) is 6.61 Å². The van der Waals surface area contributed by atoms with Crippen molar-refractivity contribution in [2.24, 2.45) is 0 Å². The van der Waals surface area contributed by atoms with Gasteiger partial charge in [0.25, 0.3) is 0 Å². The number of ether oxygens (including phenoxy) is 1. The van der Waals surface area contributed by atoms with E-state index >= 15 is 0 Å². The summed E-state index contributed by atoms with van der Waals surface area (Å²) < 4.78 is 54.6. The maximum absolute atomic E-state index is 13.4. The van der Waals surface area contributed by atoms with Crippen LogP contribution in [-0.4, -0.2) is 17.9 Å². The van der Waals surface area contributed by atoms with Crippen molar-refractivity contribution >= 4 is 11.6 Å². The number of hydrogen-bond donors (Lipinski definition) is 1. The van der Waals surface area contributed by atoms with Crippen molar-refractivity contribution < 1.29 is 27.4 Å². The number of rotatable bonds is 4. The van der Waals surface area contributed by atoms with Gasteiger partial charge in [0.05, 0.1) is 6.61 Å². The number of aliphatic hydroxyl groups is 1. The smallest absolute Gasteiger partial charge is 0.422 e. The van der Waals surface area contributed by atoms with Gasteiger partial charge in [-0.1, -0.05) is 17.7 Å². The minimum absolute atomic E-state index is 0.0511. The molecule has 1 N–H and O–H groups in total. The number of aliphatic hydroxyl groups excluding tert-OH is 1. The Kier molecular flexibility index (Phi) is 4.93. The lowest BCUT2D eigenvalue weighted by atomic mass is 9.99. The standard InChI is InChI=1S/C15H11ClF4O2/c16-14-4-2-10(17)5-13(14)12-6-11(3-1-9(12)7-21)22-8-15(18,19)20/h1-6,21H,7-8H2. The highest BCUT2D eigenvalue weighted by atomic mass is 35.5. The summed E-state index contributed by atoms with van der Waals surface area (Å²) in [5, 5.41) is 9.54. The summed E-state index contributed by atoms with van der Waals surface area (Å²) in [7, 11) is 0. The molecule has 0 bridgehead atoms. The lowest BCUT2D eigenvalue weighted by Crippen LogP contribution is -2.19. The Bertz CT molecular complexity index is 671. The first-order chi connectivity index (χ1) is 10.3. The van der Waals surface area contributed by atoms with Crippen molar-refractivity contribution in [1.29, 1.82) is 0 Å². The minimum Gasteiger partial charge on any atom is -0.484 e. The number of benzene rings is 2. The molecule has 0 saturated carbocycles. The Morgan fingerprint density at radius 3 is 2.41 bits per heavy atom. The van der Waals surface area contributed by atoms with Crippen molar-refractivity contribution in [2.75, 3.05) is 6.61 Å².